The fourth-order valence-electron chi connectivity index (χ4n) is 1.83. The van der Waals surface area contributed by atoms with Gasteiger partial charge in [-0.25, -0.2) is 4.39 Å². The molecule has 1 aliphatic rings. The zero-order valence-electron chi connectivity index (χ0n) is 8.67. The number of aliphatic hydroxyl groups is 1. The quantitative estimate of drug-likeness (QED) is 0.880. The summed E-state index contributed by atoms with van der Waals surface area (Å²) < 4.78 is 19.7. The molecule has 2 rings (SSSR count). The van der Waals surface area contributed by atoms with Crippen molar-refractivity contribution in [1.82, 2.24) is 5.32 Å². The molecule has 1 aliphatic heterocycles. The molecule has 1 heterocycles. The third-order valence-electron chi connectivity index (χ3n) is 2.72. The van der Waals surface area contributed by atoms with Crippen molar-refractivity contribution < 1.29 is 14.2 Å². The van der Waals surface area contributed by atoms with Crippen LogP contribution in [0.15, 0.2) is 22.7 Å². The molecule has 0 amide bonds. The second-order valence-corrected chi connectivity index (χ2v) is 4.77. The lowest BCUT2D eigenvalue weighted by atomic mass is 9.87. The molecular formula is C11H13BrFNO2. The Balaban J connectivity index is 2.26. The van der Waals surface area contributed by atoms with Crippen LogP contribution in [0.3, 0.4) is 0 Å². The molecule has 1 fully saturated rings. The highest BCUT2D eigenvalue weighted by Gasteiger charge is 2.41. The normalized spacial score (nSPS) is 18.2. The van der Waals surface area contributed by atoms with E-state index in [0.29, 0.717) is 29.8 Å². The van der Waals surface area contributed by atoms with E-state index in [1.807, 2.05) is 0 Å². The number of halogens is 2. The van der Waals surface area contributed by atoms with Crippen molar-refractivity contribution in [2.45, 2.75) is 5.54 Å². The third kappa shape index (κ3) is 2.13. The van der Waals surface area contributed by atoms with Crippen LogP contribution in [0.4, 0.5) is 4.39 Å². The number of benzene rings is 1. The zero-order chi connectivity index (χ0) is 11.6. The topological polar surface area (TPSA) is 41.5 Å². The lowest BCUT2D eigenvalue weighted by Gasteiger charge is -2.42. The van der Waals surface area contributed by atoms with Crippen LogP contribution >= 0.6 is 15.9 Å². The van der Waals surface area contributed by atoms with Gasteiger partial charge in [-0.3, -0.25) is 0 Å². The average molecular weight is 290 g/mol. The molecule has 0 aromatic heterocycles. The van der Waals surface area contributed by atoms with Gasteiger partial charge in [-0.2, -0.15) is 0 Å². The highest BCUT2D eigenvalue weighted by Crippen LogP contribution is 2.32. The smallest absolute Gasteiger partial charge is 0.129 e. The zero-order valence-corrected chi connectivity index (χ0v) is 10.3. The first-order valence-corrected chi connectivity index (χ1v) is 5.86. The van der Waals surface area contributed by atoms with Gasteiger partial charge in [0.25, 0.3) is 0 Å². The summed E-state index contributed by atoms with van der Waals surface area (Å²) in [5.74, 6) is -0.261. The van der Waals surface area contributed by atoms with Crippen LogP contribution in [0.1, 0.15) is 5.56 Å². The Morgan fingerprint density at radius 3 is 2.75 bits per heavy atom. The summed E-state index contributed by atoms with van der Waals surface area (Å²) in [6.45, 7) is 1.33. The first-order valence-electron chi connectivity index (χ1n) is 5.07. The minimum atomic E-state index is -0.479. The molecule has 0 radical (unpaired) electrons. The van der Waals surface area contributed by atoms with Crippen molar-refractivity contribution in [2.75, 3.05) is 26.4 Å². The van der Waals surface area contributed by atoms with Gasteiger partial charge >= 0.3 is 0 Å². The SMILES string of the molecule is OCCNC1(c2ccc(Br)cc2F)COC1. The fourth-order valence-corrected chi connectivity index (χ4v) is 2.16. The van der Waals surface area contributed by atoms with Crippen molar-refractivity contribution in [3.63, 3.8) is 0 Å². The van der Waals surface area contributed by atoms with E-state index in [0.717, 1.165) is 0 Å². The fraction of sp³-hybridized carbons (Fsp3) is 0.455. The second kappa shape index (κ2) is 4.79. The van der Waals surface area contributed by atoms with E-state index < -0.39 is 5.54 Å². The van der Waals surface area contributed by atoms with Crippen molar-refractivity contribution >= 4 is 15.9 Å². The summed E-state index contributed by atoms with van der Waals surface area (Å²) in [4.78, 5) is 0. The predicted octanol–water partition coefficient (Wildman–Crippen LogP) is 1.40. The maximum atomic E-state index is 13.8. The van der Waals surface area contributed by atoms with Crippen LogP contribution in [0.25, 0.3) is 0 Å². The molecule has 0 saturated carbocycles. The highest BCUT2D eigenvalue weighted by atomic mass is 79.9. The Morgan fingerprint density at radius 1 is 1.50 bits per heavy atom. The van der Waals surface area contributed by atoms with Crippen molar-refractivity contribution in [3.05, 3.63) is 34.1 Å². The summed E-state index contributed by atoms with van der Waals surface area (Å²) >= 11 is 3.22. The van der Waals surface area contributed by atoms with E-state index in [1.54, 1.807) is 12.1 Å². The van der Waals surface area contributed by atoms with Gasteiger partial charge in [-0.15, -0.1) is 0 Å². The van der Waals surface area contributed by atoms with Crippen LogP contribution in [0.5, 0.6) is 0 Å². The van der Waals surface area contributed by atoms with Crippen LogP contribution in [0.2, 0.25) is 0 Å². The van der Waals surface area contributed by atoms with Gasteiger partial charge in [0.05, 0.1) is 25.4 Å². The Bertz CT molecular complexity index is 382. The summed E-state index contributed by atoms with van der Waals surface area (Å²) in [6, 6.07) is 4.99. The van der Waals surface area contributed by atoms with Crippen LogP contribution in [0, 0.1) is 5.82 Å². The van der Waals surface area contributed by atoms with Gasteiger partial charge < -0.3 is 15.2 Å². The van der Waals surface area contributed by atoms with Crippen molar-refractivity contribution in [1.29, 1.82) is 0 Å². The molecule has 0 atom stereocenters. The molecule has 0 unspecified atom stereocenters. The molecule has 1 aromatic rings. The van der Waals surface area contributed by atoms with Gasteiger partial charge in [0.2, 0.25) is 0 Å². The third-order valence-corrected chi connectivity index (χ3v) is 3.21. The molecule has 16 heavy (non-hydrogen) atoms. The van der Waals surface area contributed by atoms with E-state index in [1.165, 1.54) is 6.07 Å². The molecule has 1 saturated heterocycles. The van der Waals surface area contributed by atoms with Crippen molar-refractivity contribution in [3.8, 4) is 0 Å². The van der Waals surface area contributed by atoms with Crippen LogP contribution in [-0.4, -0.2) is 31.5 Å². The molecule has 0 aliphatic carbocycles. The van der Waals surface area contributed by atoms with E-state index in [2.05, 4.69) is 21.2 Å². The number of nitrogens with one attached hydrogen (secondary N) is 1. The van der Waals surface area contributed by atoms with E-state index >= 15 is 0 Å². The predicted molar refractivity (Wildman–Crippen MR) is 61.7 cm³/mol. The lowest BCUT2D eigenvalue weighted by molar-refractivity contribution is -0.0811. The van der Waals surface area contributed by atoms with E-state index in [-0.39, 0.29) is 12.4 Å². The summed E-state index contributed by atoms with van der Waals surface area (Å²) in [5.41, 5.74) is 0.114. The minimum Gasteiger partial charge on any atom is -0.395 e. The molecule has 88 valence electrons. The Labute approximate surface area is 102 Å². The van der Waals surface area contributed by atoms with Gasteiger partial charge in [0, 0.05) is 16.6 Å². The molecular weight excluding hydrogens is 277 g/mol. The summed E-state index contributed by atoms with van der Waals surface area (Å²) in [7, 11) is 0. The van der Waals surface area contributed by atoms with Gasteiger partial charge in [-0.1, -0.05) is 22.0 Å². The maximum absolute atomic E-state index is 13.8. The van der Waals surface area contributed by atoms with E-state index in [4.69, 9.17) is 9.84 Å². The van der Waals surface area contributed by atoms with Crippen LogP contribution in [-0.2, 0) is 10.3 Å². The number of ether oxygens (including phenoxy) is 1. The molecule has 0 spiro atoms. The largest absolute Gasteiger partial charge is 0.395 e. The molecule has 1 aromatic carbocycles. The van der Waals surface area contributed by atoms with E-state index in [9.17, 15) is 4.39 Å². The lowest BCUT2D eigenvalue weighted by Crippen LogP contribution is -2.58. The molecule has 2 N–H and O–H groups in total. The Kier molecular flexibility index (Phi) is 3.59. The molecule has 0 bridgehead atoms. The first-order chi connectivity index (χ1) is 7.68. The van der Waals surface area contributed by atoms with Gasteiger partial charge in [0.15, 0.2) is 0 Å². The average Bonchev–Trinajstić information content (AvgIpc) is 2.19. The number of hydrogen-bond acceptors (Lipinski definition) is 3. The second-order valence-electron chi connectivity index (χ2n) is 3.85. The number of hydrogen-bond donors (Lipinski definition) is 2. The summed E-state index contributed by atoms with van der Waals surface area (Å²) in [6.07, 6.45) is 0. The Morgan fingerprint density at radius 2 is 2.25 bits per heavy atom. The van der Waals surface area contributed by atoms with Crippen molar-refractivity contribution in [2.24, 2.45) is 0 Å². The maximum Gasteiger partial charge on any atom is 0.129 e. The molecule has 5 heteroatoms. The standard InChI is InChI=1S/C11H13BrFNO2/c12-8-1-2-9(10(13)5-8)11(6-16-7-11)14-3-4-15/h1-2,5,14-15H,3-4,6-7H2. The number of aliphatic hydroxyl groups excluding tert-OH is 1. The summed E-state index contributed by atoms with van der Waals surface area (Å²) in [5, 5.41) is 11.9. The van der Waals surface area contributed by atoms with Gasteiger partial charge in [-0.05, 0) is 12.1 Å². The molecule has 3 nitrogen and oxygen atoms in total. The highest BCUT2D eigenvalue weighted by molar-refractivity contribution is 9.10. The minimum absolute atomic E-state index is 0.0277. The van der Waals surface area contributed by atoms with Crippen LogP contribution < -0.4 is 5.32 Å². The van der Waals surface area contributed by atoms with Gasteiger partial charge in [0.1, 0.15) is 5.82 Å². The number of rotatable bonds is 4. The first kappa shape index (κ1) is 12.0. The monoisotopic (exact) mass is 289 g/mol. The Hall–Kier alpha value is -0.490.